The lowest BCUT2D eigenvalue weighted by atomic mass is 10.3. The van der Waals surface area contributed by atoms with Gasteiger partial charge in [-0.25, -0.2) is 0 Å². The Bertz CT molecular complexity index is 78.1. The second-order valence-corrected chi connectivity index (χ2v) is 2.60. The summed E-state index contributed by atoms with van der Waals surface area (Å²) in [5.74, 6) is 0. The SMILES string of the molecule is NCCCNCCC[C@@H](N)O. The van der Waals surface area contributed by atoms with Crippen LogP contribution in [0.5, 0.6) is 0 Å². The molecule has 0 aromatic carbocycles. The first-order valence-corrected chi connectivity index (χ1v) is 4.12. The van der Waals surface area contributed by atoms with E-state index in [0.717, 1.165) is 32.5 Å². The zero-order valence-electron chi connectivity index (χ0n) is 6.92. The highest BCUT2D eigenvalue weighted by atomic mass is 16.3. The molecule has 0 saturated heterocycles. The molecule has 68 valence electrons. The summed E-state index contributed by atoms with van der Waals surface area (Å²) in [5.41, 5.74) is 10.4. The second kappa shape index (κ2) is 7.94. The van der Waals surface area contributed by atoms with E-state index < -0.39 is 6.23 Å². The lowest BCUT2D eigenvalue weighted by molar-refractivity contribution is 0.169. The molecule has 11 heavy (non-hydrogen) atoms. The number of hydrogen-bond donors (Lipinski definition) is 4. The number of aliphatic hydroxyl groups excluding tert-OH is 1. The minimum absolute atomic E-state index is 0.661. The van der Waals surface area contributed by atoms with Crippen LogP contribution < -0.4 is 16.8 Å². The fraction of sp³-hybridized carbons (Fsp3) is 1.00. The van der Waals surface area contributed by atoms with Gasteiger partial charge in [-0.1, -0.05) is 0 Å². The summed E-state index contributed by atoms with van der Waals surface area (Å²) in [6, 6.07) is 0. The van der Waals surface area contributed by atoms with Gasteiger partial charge in [0.2, 0.25) is 0 Å². The van der Waals surface area contributed by atoms with Crippen LogP contribution in [-0.4, -0.2) is 31.0 Å². The molecule has 0 fully saturated rings. The van der Waals surface area contributed by atoms with Crippen molar-refractivity contribution in [3.05, 3.63) is 0 Å². The van der Waals surface area contributed by atoms with Crippen molar-refractivity contribution >= 4 is 0 Å². The lowest BCUT2D eigenvalue weighted by Crippen LogP contribution is -2.23. The molecule has 6 N–H and O–H groups in total. The van der Waals surface area contributed by atoms with Crippen molar-refractivity contribution in [2.75, 3.05) is 19.6 Å². The van der Waals surface area contributed by atoms with Crippen molar-refractivity contribution < 1.29 is 5.11 Å². The number of nitrogens with two attached hydrogens (primary N) is 2. The summed E-state index contributed by atoms with van der Waals surface area (Å²) < 4.78 is 0. The Morgan fingerprint density at radius 1 is 1.27 bits per heavy atom. The van der Waals surface area contributed by atoms with Crippen LogP contribution in [0, 0.1) is 0 Å². The summed E-state index contributed by atoms with van der Waals surface area (Å²) in [5, 5.41) is 11.9. The summed E-state index contributed by atoms with van der Waals surface area (Å²) in [6.07, 6.45) is 1.93. The fourth-order valence-electron chi connectivity index (χ4n) is 0.788. The van der Waals surface area contributed by atoms with Crippen molar-refractivity contribution in [1.29, 1.82) is 0 Å². The minimum atomic E-state index is -0.661. The normalized spacial score (nSPS) is 13.4. The van der Waals surface area contributed by atoms with Crippen LogP contribution in [0.2, 0.25) is 0 Å². The summed E-state index contributed by atoms with van der Waals surface area (Å²) in [4.78, 5) is 0. The second-order valence-electron chi connectivity index (χ2n) is 2.60. The van der Waals surface area contributed by atoms with Crippen LogP contribution in [-0.2, 0) is 0 Å². The molecule has 0 amide bonds. The molecule has 0 aliphatic carbocycles. The largest absolute Gasteiger partial charge is 0.379 e. The van der Waals surface area contributed by atoms with Gasteiger partial charge >= 0.3 is 0 Å². The Balaban J connectivity index is 2.80. The molecule has 0 unspecified atom stereocenters. The first-order chi connectivity index (χ1) is 5.27. The number of rotatable bonds is 7. The van der Waals surface area contributed by atoms with Crippen LogP contribution in [0.15, 0.2) is 0 Å². The maximum absolute atomic E-state index is 8.69. The third-order valence-electron chi connectivity index (χ3n) is 1.41. The van der Waals surface area contributed by atoms with Crippen LogP contribution in [0.25, 0.3) is 0 Å². The van der Waals surface area contributed by atoms with Crippen LogP contribution in [0.1, 0.15) is 19.3 Å². The highest BCUT2D eigenvalue weighted by Crippen LogP contribution is 1.88. The molecule has 0 bridgehead atoms. The smallest absolute Gasteiger partial charge is 0.102 e. The van der Waals surface area contributed by atoms with Crippen LogP contribution in [0.4, 0.5) is 0 Å². The Labute approximate surface area is 68.0 Å². The van der Waals surface area contributed by atoms with Gasteiger partial charge in [0.25, 0.3) is 0 Å². The van der Waals surface area contributed by atoms with Gasteiger partial charge in [-0.05, 0) is 38.9 Å². The highest BCUT2D eigenvalue weighted by molar-refractivity contribution is 4.51. The van der Waals surface area contributed by atoms with E-state index in [1.54, 1.807) is 0 Å². The van der Waals surface area contributed by atoms with Crippen molar-refractivity contribution in [2.45, 2.75) is 25.5 Å². The summed E-state index contributed by atoms with van der Waals surface area (Å²) in [7, 11) is 0. The Morgan fingerprint density at radius 2 is 1.91 bits per heavy atom. The van der Waals surface area contributed by atoms with E-state index >= 15 is 0 Å². The molecule has 0 aromatic heterocycles. The van der Waals surface area contributed by atoms with Crippen molar-refractivity contribution in [3.63, 3.8) is 0 Å². The van der Waals surface area contributed by atoms with E-state index in [0.29, 0.717) is 6.42 Å². The average Bonchev–Trinajstić information content (AvgIpc) is 1.96. The van der Waals surface area contributed by atoms with E-state index in [9.17, 15) is 0 Å². The standard InChI is InChI=1S/C7H19N3O/c8-4-2-6-10-5-1-3-7(9)11/h7,10-11H,1-6,8-9H2/t7-/m0/s1. The van der Waals surface area contributed by atoms with Gasteiger partial charge in [-0.2, -0.15) is 0 Å². The number of nitrogens with one attached hydrogen (secondary N) is 1. The lowest BCUT2D eigenvalue weighted by Gasteiger charge is -2.04. The Morgan fingerprint density at radius 3 is 2.45 bits per heavy atom. The van der Waals surface area contributed by atoms with E-state index in [1.807, 2.05) is 0 Å². The maximum atomic E-state index is 8.69. The first-order valence-electron chi connectivity index (χ1n) is 4.12. The monoisotopic (exact) mass is 161 g/mol. The molecule has 0 aromatic rings. The van der Waals surface area contributed by atoms with Gasteiger partial charge in [0.15, 0.2) is 0 Å². The summed E-state index contributed by atoms with van der Waals surface area (Å²) >= 11 is 0. The molecule has 0 rings (SSSR count). The van der Waals surface area contributed by atoms with E-state index in [2.05, 4.69) is 5.32 Å². The fourth-order valence-corrected chi connectivity index (χ4v) is 0.788. The molecule has 4 nitrogen and oxygen atoms in total. The van der Waals surface area contributed by atoms with E-state index in [1.165, 1.54) is 0 Å². The van der Waals surface area contributed by atoms with Gasteiger partial charge in [-0.15, -0.1) is 0 Å². The van der Waals surface area contributed by atoms with Gasteiger partial charge < -0.3 is 21.9 Å². The van der Waals surface area contributed by atoms with E-state index in [-0.39, 0.29) is 0 Å². The van der Waals surface area contributed by atoms with Crippen LogP contribution in [0.3, 0.4) is 0 Å². The van der Waals surface area contributed by atoms with Gasteiger partial charge in [0.05, 0.1) is 0 Å². The molecule has 0 heterocycles. The summed E-state index contributed by atoms with van der Waals surface area (Å²) in [6.45, 7) is 2.60. The molecular formula is C7H19N3O. The Hall–Kier alpha value is -0.160. The first kappa shape index (κ1) is 10.8. The van der Waals surface area contributed by atoms with E-state index in [4.69, 9.17) is 16.6 Å². The number of hydrogen-bond acceptors (Lipinski definition) is 4. The Kier molecular flexibility index (Phi) is 7.83. The van der Waals surface area contributed by atoms with Crippen molar-refractivity contribution in [1.82, 2.24) is 5.32 Å². The van der Waals surface area contributed by atoms with Crippen molar-refractivity contribution in [3.8, 4) is 0 Å². The van der Waals surface area contributed by atoms with Crippen molar-refractivity contribution in [2.24, 2.45) is 11.5 Å². The van der Waals surface area contributed by atoms with Gasteiger partial charge in [0.1, 0.15) is 6.23 Å². The predicted octanol–water partition coefficient (Wildman–Crippen LogP) is -1.02. The van der Waals surface area contributed by atoms with Gasteiger partial charge in [0, 0.05) is 0 Å². The topological polar surface area (TPSA) is 84.3 Å². The molecule has 0 radical (unpaired) electrons. The highest BCUT2D eigenvalue weighted by Gasteiger charge is 1.93. The quantitative estimate of drug-likeness (QED) is 0.284. The zero-order valence-corrected chi connectivity index (χ0v) is 6.92. The molecular weight excluding hydrogens is 142 g/mol. The molecule has 1 atom stereocenters. The molecule has 0 saturated carbocycles. The third-order valence-corrected chi connectivity index (χ3v) is 1.41. The molecule has 0 aliphatic heterocycles. The maximum Gasteiger partial charge on any atom is 0.102 e. The average molecular weight is 161 g/mol. The molecule has 0 aliphatic rings. The van der Waals surface area contributed by atoms with Gasteiger partial charge in [-0.3, -0.25) is 0 Å². The minimum Gasteiger partial charge on any atom is -0.379 e. The third kappa shape index (κ3) is 9.84. The predicted molar refractivity (Wildman–Crippen MR) is 46.0 cm³/mol. The molecule has 4 heteroatoms. The molecule has 0 spiro atoms. The zero-order chi connectivity index (χ0) is 8.53. The number of aliphatic hydroxyl groups is 1. The van der Waals surface area contributed by atoms with Crippen LogP contribution >= 0.6 is 0 Å².